The monoisotopic (exact) mass is 298 g/mol. The maximum Gasteiger partial charge on any atom is 0.231 e. The molecular weight excluding hydrogens is 284 g/mol. The first-order valence-electron chi connectivity index (χ1n) is 6.83. The normalized spacial score (nSPS) is 13.4. The number of carbonyl (C=O) groups excluding carboxylic acids is 2. The molecule has 0 unspecified atom stereocenters. The first-order valence-corrected chi connectivity index (χ1v) is 6.83. The highest BCUT2D eigenvalue weighted by Crippen LogP contribution is 2.28. The molecule has 0 fully saturated rings. The summed E-state index contributed by atoms with van der Waals surface area (Å²) < 4.78 is 5.47. The lowest BCUT2D eigenvalue weighted by atomic mass is 10.1. The molecule has 2 N–H and O–H groups in total. The standard InChI is InChI=1S/C15H14N4O3/c20-13-4-7-22-12-3-2-10(8-11(12)18-13)9-14(21)19-15-16-5-1-6-17-15/h1-3,5-6,8H,4,7,9H2,(H,18,20)(H,16,17,19,21). The van der Waals surface area contributed by atoms with Crippen LogP contribution < -0.4 is 15.4 Å². The molecule has 1 aromatic carbocycles. The van der Waals surface area contributed by atoms with Crippen LogP contribution in [0.2, 0.25) is 0 Å². The van der Waals surface area contributed by atoms with Crippen LogP contribution in [0.15, 0.2) is 36.7 Å². The molecule has 0 bridgehead atoms. The number of benzene rings is 1. The fourth-order valence-electron chi connectivity index (χ4n) is 2.09. The number of ether oxygens (including phenoxy) is 1. The Balaban J connectivity index is 1.70. The van der Waals surface area contributed by atoms with Gasteiger partial charge >= 0.3 is 0 Å². The van der Waals surface area contributed by atoms with Crippen LogP contribution in [0.3, 0.4) is 0 Å². The fraction of sp³-hybridized carbons (Fsp3) is 0.200. The van der Waals surface area contributed by atoms with E-state index in [0.717, 1.165) is 5.56 Å². The number of nitrogens with zero attached hydrogens (tertiary/aromatic N) is 2. The highest BCUT2D eigenvalue weighted by Gasteiger charge is 2.15. The Morgan fingerprint density at radius 2 is 2.14 bits per heavy atom. The summed E-state index contributed by atoms with van der Waals surface area (Å²) in [7, 11) is 0. The van der Waals surface area contributed by atoms with E-state index in [1.165, 1.54) is 0 Å². The molecule has 7 heteroatoms. The van der Waals surface area contributed by atoms with Crippen molar-refractivity contribution in [3.05, 3.63) is 42.2 Å². The number of anilines is 2. The zero-order chi connectivity index (χ0) is 15.4. The van der Waals surface area contributed by atoms with Crippen molar-refractivity contribution in [1.29, 1.82) is 0 Å². The van der Waals surface area contributed by atoms with E-state index in [2.05, 4.69) is 20.6 Å². The van der Waals surface area contributed by atoms with Gasteiger partial charge in [0.2, 0.25) is 17.8 Å². The second-order valence-corrected chi connectivity index (χ2v) is 4.77. The molecule has 0 spiro atoms. The predicted molar refractivity (Wildman–Crippen MR) is 79.5 cm³/mol. The van der Waals surface area contributed by atoms with Gasteiger partial charge in [-0.25, -0.2) is 9.97 Å². The van der Waals surface area contributed by atoms with Gasteiger partial charge in [-0.05, 0) is 23.8 Å². The van der Waals surface area contributed by atoms with E-state index in [4.69, 9.17) is 4.74 Å². The maximum absolute atomic E-state index is 12.0. The number of hydrogen-bond acceptors (Lipinski definition) is 5. The molecule has 1 aliphatic rings. The van der Waals surface area contributed by atoms with Crippen LogP contribution >= 0.6 is 0 Å². The number of hydrogen-bond donors (Lipinski definition) is 2. The number of amides is 2. The molecule has 0 saturated carbocycles. The first kappa shape index (κ1) is 14.0. The summed E-state index contributed by atoms with van der Waals surface area (Å²) in [5, 5.41) is 5.38. The van der Waals surface area contributed by atoms with Crippen molar-refractivity contribution in [3.63, 3.8) is 0 Å². The van der Waals surface area contributed by atoms with Crippen molar-refractivity contribution in [1.82, 2.24) is 9.97 Å². The number of carbonyl (C=O) groups is 2. The third-order valence-electron chi connectivity index (χ3n) is 3.09. The molecule has 0 saturated heterocycles. The van der Waals surface area contributed by atoms with E-state index in [1.807, 2.05) is 0 Å². The predicted octanol–water partition coefficient (Wildman–Crippen LogP) is 1.38. The van der Waals surface area contributed by atoms with Crippen LogP contribution in [0.5, 0.6) is 5.75 Å². The van der Waals surface area contributed by atoms with Crippen LogP contribution in [0.1, 0.15) is 12.0 Å². The molecule has 1 aromatic heterocycles. The molecule has 0 atom stereocenters. The summed E-state index contributed by atoms with van der Waals surface area (Å²) in [5.74, 6) is 0.547. The fourth-order valence-corrected chi connectivity index (χ4v) is 2.09. The van der Waals surface area contributed by atoms with E-state index in [0.29, 0.717) is 24.5 Å². The minimum Gasteiger partial charge on any atom is -0.491 e. The molecule has 1 aliphatic heterocycles. The van der Waals surface area contributed by atoms with E-state index in [-0.39, 0.29) is 24.2 Å². The average Bonchev–Trinajstić information content (AvgIpc) is 2.68. The van der Waals surface area contributed by atoms with Crippen molar-refractivity contribution in [2.75, 3.05) is 17.2 Å². The molecule has 112 valence electrons. The van der Waals surface area contributed by atoms with Gasteiger partial charge in [-0.3, -0.25) is 14.9 Å². The summed E-state index contributed by atoms with van der Waals surface area (Å²) in [6.07, 6.45) is 3.58. The summed E-state index contributed by atoms with van der Waals surface area (Å²) >= 11 is 0. The van der Waals surface area contributed by atoms with Gasteiger partial charge in [-0.2, -0.15) is 0 Å². The minimum atomic E-state index is -0.230. The second kappa shape index (κ2) is 6.21. The Labute approximate surface area is 126 Å². The van der Waals surface area contributed by atoms with E-state index in [9.17, 15) is 9.59 Å². The van der Waals surface area contributed by atoms with Gasteiger partial charge in [0.25, 0.3) is 0 Å². The van der Waals surface area contributed by atoms with Crippen molar-refractivity contribution in [2.45, 2.75) is 12.8 Å². The molecule has 3 rings (SSSR count). The highest BCUT2D eigenvalue weighted by molar-refractivity contribution is 5.94. The summed E-state index contributed by atoms with van der Waals surface area (Å²) in [6, 6.07) is 6.96. The molecule has 2 amide bonds. The average molecular weight is 298 g/mol. The zero-order valence-corrected chi connectivity index (χ0v) is 11.7. The van der Waals surface area contributed by atoms with Gasteiger partial charge in [0.05, 0.1) is 25.1 Å². The number of nitrogens with one attached hydrogen (secondary N) is 2. The first-order chi connectivity index (χ1) is 10.7. The van der Waals surface area contributed by atoms with Crippen molar-refractivity contribution >= 4 is 23.5 Å². The van der Waals surface area contributed by atoms with Gasteiger partial charge in [0.15, 0.2) is 0 Å². The summed E-state index contributed by atoms with van der Waals surface area (Å²) in [4.78, 5) is 31.4. The Bertz CT molecular complexity index is 703. The van der Waals surface area contributed by atoms with Crippen LogP contribution in [0, 0.1) is 0 Å². The van der Waals surface area contributed by atoms with E-state index < -0.39 is 0 Å². The molecule has 2 heterocycles. The summed E-state index contributed by atoms with van der Waals surface area (Å²) in [5.41, 5.74) is 1.35. The van der Waals surface area contributed by atoms with Crippen LogP contribution in [-0.4, -0.2) is 28.4 Å². The summed E-state index contributed by atoms with van der Waals surface area (Å²) in [6.45, 7) is 0.351. The van der Waals surface area contributed by atoms with Crippen LogP contribution in [-0.2, 0) is 16.0 Å². The molecule has 22 heavy (non-hydrogen) atoms. The molecule has 7 nitrogen and oxygen atoms in total. The van der Waals surface area contributed by atoms with E-state index in [1.54, 1.807) is 36.7 Å². The number of fused-ring (bicyclic) bond motifs is 1. The Hall–Kier alpha value is -2.96. The zero-order valence-electron chi connectivity index (χ0n) is 11.7. The van der Waals surface area contributed by atoms with E-state index >= 15 is 0 Å². The Morgan fingerprint density at radius 3 is 2.95 bits per heavy atom. The topological polar surface area (TPSA) is 93.2 Å². The van der Waals surface area contributed by atoms with Crippen molar-refractivity contribution in [3.8, 4) is 5.75 Å². The largest absolute Gasteiger partial charge is 0.491 e. The van der Waals surface area contributed by atoms with Crippen LogP contribution in [0.4, 0.5) is 11.6 Å². The van der Waals surface area contributed by atoms with Gasteiger partial charge in [-0.1, -0.05) is 6.07 Å². The third-order valence-corrected chi connectivity index (χ3v) is 3.09. The molecule has 0 aliphatic carbocycles. The minimum absolute atomic E-state index is 0.0990. The molecule has 2 aromatic rings. The Kier molecular flexibility index (Phi) is 3.95. The lowest BCUT2D eigenvalue weighted by Gasteiger charge is -2.09. The second-order valence-electron chi connectivity index (χ2n) is 4.77. The van der Waals surface area contributed by atoms with Gasteiger partial charge in [0, 0.05) is 12.4 Å². The lowest BCUT2D eigenvalue weighted by molar-refractivity contribution is -0.116. The maximum atomic E-state index is 12.0. The SMILES string of the molecule is O=C(Cc1ccc2c(c1)NC(=O)CCO2)Nc1ncccn1. The van der Waals surface area contributed by atoms with Gasteiger partial charge < -0.3 is 10.1 Å². The number of aromatic nitrogens is 2. The smallest absolute Gasteiger partial charge is 0.231 e. The lowest BCUT2D eigenvalue weighted by Crippen LogP contribution is -2.16. The van der Waals surface area contributed by atoms with Crippen molar-refractivity contribution < 1.29 is 14.3 Å². The van der Waals surface area contributed by atoms with Gasteiger partial charge in [-0.15, -0.1) is 0 Å². The number of rotatable bonds is 3. The van der Waals surface area contributed by atoms with Crippen LogP contribution in [0.25, 0.3) is 0 Å². The molecule has 0 radical (unpaired) electrons. The molecular formula is C15H14N4O3. The van der Waals surface area contributed by atoms with Crippen molar-refractivity contribution in [2.24, 2.45) is 0 Å². The quantitative estimate of drug-likeness (QED) is 0.893. The highest BCUT2D eigenvalue weighted by atomic mass is 16.5. The van der Waals surface area contributed by atoms with Gasteiger partial charge in [0.1, 0.15) is 5.75 Å². The Morgan fingerprint density at radius 1 is 1.32 bits per heavy atom. The third kappa shape index (κ3) is 3.38.